The van der Waals surface area contributed by atoms with Crippen molar-refractivity contribution in [3.63, 3.8) is 0 Å². The lowest BCUT2D eigenvalue weighted by molar-refractivity contribution is 0.176. The van der Waals surface area contributed by atoms with Gasteiger partial charge in [0.1, 0.15) is 0 Å². The van der Waals surface area contributed by atoms with Gasteiger partial charge in [-0.2, -0.15) is 0 Å². The molecule has 1 aliphatic heterocycles. The van der Waals surface area contributed by atoms with E-state index in [0.717, 1.165) is 11.8 Å². The van der Waals surface area contributed by atoms with Gasteiger partial charge in [0, 0.05) is 26.2 Å². The van der Waals surface area contributed by atoms with E-state index in [0.29, 0.717) is 0 Å². The average molecular weight is 241 g/mol. The molecule has 17 heavy (non-hydrogen) atoms. The van der Waals surface area contributed by atoms with Crippen LogP contribution in [0.2, 0.25) is 0 Å². The average Bonchev–Trinajstić information content (AvgIpc) is 2.26. The van der Waals surface area contributed by atoms with Crippen molar-refractivity contribution >= 4 is 0 Å². The zero-order valence-corrected chi connectivity index (χ0v) is 12.2. The summed E-state index contributed by atoms with van der Waals surface area (Å²) in [5.74, 6) is 1.64. The fourth-order valence-electron chi connectivity index (χ4n) is 2.56. The van der Waals surface area contributed by atoms with E-state index in [1.54, 1.807) is 0 Å². The number of likely N-dealkylation sites (N-methyl/N-ethyl adjacent to an activating group) is 1. The van der Waals surface area contributed by atoms with Crippen LogP contribution in [0.4, 0.5) is 0 Å². The summed E-state index contributed by atoms with van der Waals surface area (Å²) in [5.41, 5.74) is 0. The Hall–Kier alpha value is -0.120. The van der Waals surface area contributed by atoms with Crippen molar-refractivity contribution in [2.24, 2.45) is 11.8 Å². The van der Waals surface area contributed by atoms with Crippen LogP contribution < -0.4 is 5.32 Å². The zero-order chi connectivity index (χ0) is 12.7. The van der Waals surface area contributed by atoms with Gasteiger partial charge in [0.2, 0.25) is 0 Å². The lowest BCUT2D eigenvalue weighted by Gasteiger charge is -2.31. The van der Waals surface area contributed by atoms with Crippen molar-refractivity contribution in [1.82, 2.24) is 15.1 Å². The van der Waals surface area contributed by atoms with Crippen molar-refractivity contribution in [3.8, 4) is 0 Å². The summed E-state index contributed by atoms with van der Waals surface area (Å²) in [6, 6.07) is 0. The minimum atomic E-state index is 0.772. The van der Waals surface area contributed by atoms with E-state index in [-0.39, 0.29) is 0 Å². The van der Waals surface area contributed by atoms with Crippen LogP contribution in [0.3, 0.4) is 0 Å². The SMILES string of the molecule is CC(C)CN(CCN(C)C)C[C@@H]1CCCNC1. The summed E-state index contributed by atoms with van der Waals surface area (Å²) in [5, 5.41) is 3.52. The van der Waals surface area contributed by atoms with Crippen molar-refractivity contribution in [2.45, 2.75) is 26.7 Å². The Morgan fingerprint density at radius 3 is 2.53 bits per heavy atom. The molecule has 0 aromatic rings. The predicted molar refractivity (Wildman–Crippen MR) is 75.4 cm³/mol. The maximum absolute atomic E-state index is 3.52. The van der Waals surface area contributed by atoms with Crippen LogP contribution in [0.15, 0.2) is 0 Å². The fraction of sp³-hybridized carbons (Fsp3) is 1.00. The highest BCUT2D eigenvalue weighted by Crippen LogP contribution is 2.12. The molecule has 1 saturated heterocycles. The highest BCUT2D eigenvalue weighted by atomic mass is 15.2. The van der Waals surface area contributed by atoms with Crippen LogP contribution in [0.25, 0.3) is 0 Å². The maximum atomic E-state index is 3.52. The van der Waals surface area contributed by atoms with Gasteiger partial charge in [0.15, 0.2) is 0 Å². The minimum absolute atomic E-state index is 0.772. The standard InChI is InChI=1S/C14H31N3/c1-13(2)11-17(9-8-16(3)4)12-14-6-5-7-15-10-14/h13-15H,5-12H2,1-4H3/t14-/m1/s1. The first-order chi connectivity index (χ1) is 8.08. The van der Waals surface area contributed by atoms with Crippen LogP contribution in [-0.2, 0) is 0 Å². The Kier molecular flexibility index (Phi) is 7.09. The number of hydrogen-bond acceptors (Lipinski definition) is 3. The van der Waals surface area contributed by atoms with E-state index in [2.05, 4.69) is 43.1 Å². The monoisotopic (exact) mass is 241 g/mol. The Labute approximate surface area is 108 Å². The first-order valence-corrected chi connectivity index (χ1v) is 7.15. The molecule has 1 heterocycles. The van der Waals surface area contributed by atoms with Crippen LogP contribution in [0, 0.1) is 11.8 Å². The van der Waals surface area contributed by atoms with Crippen molar-refractivity contribution in [2.75, 3.05) is 53.4 Å². The van der Waals surface area contributed by atoms with Gasteiger partial charge in [0.05, 0.1) is 0 Å². The van der Waals surface area contributed by atoms with E-state index in [4.69, 9.17) is 0 Å². The molecule has 1 atom stereocenters. The molecule has 3 heteroatoms. The lowest BCUT2D eigenvalue weighted by Crippen LogP contribution is -2.42. The quantitative estimate of drug-likeness (QED) is 0.729. The predicted octanol–water partition coefficient (Wildman–Crippen LogP) is 1.51. The molecule has 102 valence electrons. The highest BCUT2D eigenvalue weighted by Gasteiger charge is 2.17. The molecule has 1 N–H and O–H groups in total. The van der Waals surface area contributed by atoms with Gasteiger partial charge >= 0.3 is 0 Å². The Bertz CT molecular complexity index is 186. The summed E-state index contributed by atoms with van der Waals surface area (Å²) in [7, 11) is 4.32. The summed E-state index contributed by atoms with van der Waals surface area (Å²) < 4.78 is 0. The number of nitrogens with one attached hydrogen (secondary N) is 1. The summed E-state index contributed by atoms with van der Waals surface area (Å²) >= 11 is 0. The Morgan fingerprint density at radius 2 is 2.00 bits per heavy atom. The van der Waals surface area contributed by atoms with E-state index in [9.17, 15) is 0 Å². The molecule has 0 radical (unpaired) electrons. The fourth-order valence-corrected chi connectivity index (χ4v) is 2.56. The van der Waals surface area contributed by atoms with Crippen molar-refractivity contribution in [3.05, 3.63) is 0 Å². The molecule has 0 spiro atoms. The van der Waals surface area contributed by atoms with Gasteiger partial charge in [-0.05, 0) is 51.9 Å². The molecule has 0 aromatic heterocycles. The third kappa shape index (κ3) is 7.02. The van der Waals surface area contributed by atoms with E-state index in [1.807, 2.05) is 0 Å². The normalized spacial score (nSPS) is 21.7. The second-order valence-corrected chi connectivity index (χ2v) is 6.17. The van der Waals surface area contributed by atoms with E-state index >= 15 is 0 Å². The van der Waals surface area contributed by atoms with Gasteiger partial charge in [-0.3, -0.25) is 0 Å². The molecule has 3 nitrogen and oxygen atoms in total. The smallest absolute Gasteiger partial charge is 0.0109 e. The minimum Gasteiger partial charge on any atom is -0.316 e. The van der Waals surface area contributed by atoms with Gasteiger partial charge in [-0.15, -0.1) is 0 Å². The topological polar surface area (TPSA) is 18.5 Å². The first-order valence-electron chi connectivity index (χ1n) is 7.15. The highest BCUT2D eigenvalue weighted by molar-refractivity contribution is 4.74. The molecule has 0 aliphatic carbocycles. The molecule has 0 amide bonds. The number of rotatable bonds is 7. The van der Waals surface area contributed by atoms with Crippen molar-refractivity contribution < 1.29 is 0 Å². The van der Waals surface area contributed by atoms with E-state index < -0.39 is 0 Å². The third-order valence-electron chi connectivity index (χ3n) is 3.40. The number of piperidine rings is 1. The zero-order valence-electron chi connectivity index (χ0n) is 12.2. The molecule has 1 aliphatic rings. The van der Waals surface area contributed by atoms with Gasteiger partial charge in [-0.25, -0.2) is 0 Å². The molecular formula is C14H31N3. The Balaban J connectivity index is 2.32. The van der Waals surface area contributed by atoms with Gasteiger partial charge in [0.25, 0.3) is 0 Å². The molecule has 1 rings (SSSR count). The molecular weight excluding hydrogens is 210 g/mol. The first kappa shape index (κ1) is 14.9. The third-order valence-corrected chi connectivity index (χ3v) is 3.40. The Morgan fingerprint density at radius 1 is 1.24 bits per heavy atom. The second-order valence-electron chi connectivity index (χ2n) is 6.17. The number of nitrogens with zero attached hydrogens (tertiary/aromatic N) is 2. The molecule has 0 saturated carbocycles. The van der Waals surface area contributed by atoms with Gasteiger partial charge < -0.3 is 15.1 Å². The molecule has 1 fully saturated rings. The molecule has 0 unspecified atom stereocenters. The second kappa shape index (κ2) is 8.06. The maximum Gasteiger partial charge on any atom is 0.0109 e. The van der Waals surface area contributed by atoms with Crippen LogP contribution >= 0.6 is 0 Å². The van der Waals surface area contributed by atoms with Crippen LogP contribution in [0.5, 0.6) is 0 Å². The number of hydrogen-bond donors (Lipinski definition) is 1. The lowest BCUT2D eigenvalue weighted by atomic mass is 9.98. The summed E-state index contributed by atoms with van der Waals surface area (Å²) in [4.78, 5) is 4.94. The summed E-state index contributed by atoms with van der Waals surface area (Å²) in [6.07, 6.45) is 2.76. The largest absolute Gasteiger partial charge is 0.316 e. The summed E-state index contributed by atoms with van der Waals surface area (Å²) in [6.45, 7) is 12.0. The molecule has 0 bridgehead atoms. The van der Waals surface area contributed by atoms with Crippen LogP contribution in [-0.4, -0.2) is 63.2 Å². The van der Waals surface area contributed by atoms with E-state index in [1.165, 1.54) is 52.1 Å². The van der Waals surface area contributed by atoms with Crippen molar-refractivity contribution in [1.29, 1.82) is 0 Å². The van der Waals surface area contributed by atoms with Crippen LogP contribution in [0.1, 0.15) is 26.7 Å². The molecule has 0 aromatic carbocycles. The van der Waals surface area contributed by atoms with Gasteiger partial charge in [-0.1, -0.05) is 13.8 Å².